The summed E-state index contributed by atoms with van der Waals surface area (Å²) in [7, 11) is 2.17. The molecule has 0 spiro atoms. The van der Waals surface area contributed by atoms with Crippen LogP contribution < -0.4 is 4.57 Å². The third-order valence-corrected chi connectivity index (χ3v) is 4.47. The van der Waals surface area contributed by atoms with Gasteiger partial charge in [-0.1, -0.05) is 30.3 Å². The first-order valence-corrected chi connectivity index (χ1v) is 7.52. The molecule has 104 valence electrons. The third kappa shape index (κ3) is 1.75. The summed E-state index contributed by atoms with van der Waals surface area (Å²) in [6.07, 6.45) is 6.74. The summed E-state index contributed by atoms with van der Waals surface area (Å²) in [5.74, 6) is 1.26. The minimum Gasteiger partial charge on any atom is -0.225 e. The van der Waals surface area contributed by atoms with Crippen LogP contribution in [-0.2, 0) is 13.5 Å². The Bertz CT molecular complexity index is 869. The molecule has 3 aromatic rings. The maximum atomic E-state index is 2.36. The van der Waals surface area contributed by atoms with Gasteiger partial charge in [-0.05, 0) is 43.5 Å². The molecule has 1 aliphatic rings. The van der Waals surface area contributed by atoms with Crippen LogP contribution in [-0.4, -0.2) is 4.57 Å². The Labute approximate surface area is 125 Å². The van der Waals surface area contributed by atoms with E-state index in [1.807, 2.05) is 0 Å². The predicted octanol–water partition coefficient (Wildman–Crippen LogP) is 3.86. The molecule has 0 atom stereocenters. The molecule has 2 nitrogen and oxygen atoms in total. The van der Waals surface area contributed by atoms with Crippen LogP contribution in [0.5, 0.6) is 0 Å². The van der Waals surface area contributed by atoms with Crippen molar-refractivity contribution < 1.29 is 4.57 Å². The number of aromatic nitrogens is 2. The van der Waals surface area contributed by atoms with E-state index >= 15 is 0 Å². The topological polar surface area (TPSA) is 8.81 Å². The zero-order valence-electron chi connectivity index (χ0n) is 12.5. The van der Waals surface area contributed by atoms with Crippen LogP contribution in [0, 0.1) is 6.92 Å². The summed E-state index contributed by atoms with van der Waals surface area (Å²) in [4.78, 5) is 0. The molecule has 2 heteroatoms. The van der Waals surface area contributed by atoms with Gasteiger partial charge in [0, 0.05) is 5.56 Å². The first-order valence-electron chi connectivity index (χ1n) is 7.52. The van der Waals surface area contributed by atoms with Crippen LogP contribution in [0.15, 0.2) is 48.5 Å². The molecule has 1 aliphatic heterocycles. The van der Waals surface area contributed by atoms with Crippen molar-refractivity contribution in [2.24, 2.45) is 7.05 Å². The van der Waals surface area contributed by atoms with E-state index in [0.717, 1.165) is 12.8 Å². The first kappa shape index (κ1) is 12.4. The molecule has 0 amide bonds. The second-order valence-corrected chi connectivity index (χ2v) is 5.78. The maximum Gasteiger partial charge on any atom is 0.294 e. The number of hydrogen-bond acceptors (Lipinski definition) is 0. The minimum atomic E-state index is 1.11. The van der Waals surface area contributed by atoms with E-state index in [2.05, 4.69) is 77.8 Å². The van der Waals surface area contributed by atoms with E-state index in [-0.39, 0.29) is 0 Å². The van der Waals surface area contributed by atoms with Crippen molar-refractivity contribution in [3.63, 3.8) is 0 Å². The van der Waals surface area contributed by atoms with Gasteiger partial charge in [-0.15, -0.1) is 0 Å². The highest BCUT2D eigenvalue weighted by Crippen LogP contribution is 2.28. The van der Waals surface area contributed by atoms with Gasteiger partial charge in [0.2, 0.25) is 0 Å². The largest absolute Gasteiger partial charge is 0.294 e. The summed E-state index contributed by atoms with van der Waals surface area (Å²) in [6, 6.07) is 15.3. The lowest BCUT2D eigenvalue weighted by atomic mass is 10.1. The molecule has 2 aromatic carbocycles. The number of para-hydroxylation sites is 1. The highest BCUT2D eigenvalue weighted by Gasteiger charge is 2.26. The maximum absolute atomic E-state index is 2.36. The van der Waals surface area contributed by atoms with Gasteiger partial charge in [-0.3, -0.25) is 0 Å². The molecule has 21 heavy (non-hydrogen) atoms. The third-order valence-electron chi connectivity index (χ3n) is 4.47. The molecule has 0 saturated carbocycles. The van der Waals surface area contributed by atoms with Gasteiger partial charge in [0.1, 0.15) is 0 Å². The number of allylic oxidation sites excluding steroid dienone is 1. The predicted molar refractivity (Wildman–Crippen MR) is 86.9 cm³/mol. The van der Waals surface area contributed by atoms with Crippen molar-refractivity contribution in [3.8, 4) is 11.4 Å². The smallest absolute Gasteiger partial charge is 0.225 e. The minimum absolute atomic E-state index is 1.11. The van der Waals surface area contributed by atoms with Crippen LogP contribution in [0.2, 0.25) is 0 Å². The molecular weight excluding hydrogens is 256 g/mol. The van der Waals surface area contributed by atoms with E-state index in [1.54, 1.807) is 0 Å². The molecule has 0 N–H and O–H groups in total. The van der Waals surface area contributed by atoms with Gasteiger partial charge < -0.3 is 0 Å². The van der Waals surface area contributed by atoms with E-state index in [1.165, 1.54) is 33.5 Å². The van der Waals surface area contributed by atoms with Crippen molar-refractivity contribution in [1.29, 1.82) is 0 Å². The molecule has 0 unspecified atom stereocenters. The van der Waals surface area contributed by atoms with Crippen molar-refractivity contribution >= 4 is 17.2 Å². The number of imidazole rings is 1. The molecule has 4 rings (SSSR count). The Morgan fingerprint density at radius 1 is 1.05 bits per heavy atom. The Balaban J connectivity index is 2.17. The van der Waals surface area contributed by atoms with Crippen molar-refractivity contribution in [2.75, 3.05) is 0 Å². The van der Waals surface area contributed by atoms with Gasteiger partial charge in [0.05, 0.1) is 18.8 Å². The fraction of sp³-hybridized carbons (Fsp3) is 0.211. The molecule has 1 aromatic heterocycles. The molecule has 0 bridgehead atoms. The fourth-order valence-corrected chi connectivity index (χ4v) is 3.41. The lowest BCUT2D eigenvalue weighted by molar-refractivity contribution is -0.527. The highest BCUT2D eigenvalue weighted by atomic mass is 15.1. The van der Waals surface area contributed by atoms with E-state index < -0.39 is 0 Å². The molecule has 0 radical (unpaired) electrons. The monoisotopic (exact) mass is 275 g/mol. The molecular formula is C19H19N2+. The van der Waals surface area contributed by atoms with Crippen LogP contribution in [0.3, 0.4) is 0 Å². The lowest BCUT2D eigenvalue weighted by Crippen LogP contribution is -2.28. The van der Waals surface area contributed by atoms with Gasteiger partial charge in [0.25, 0.3) is 5.82 Å². The second kappa shape index (κ2) is 4.59. The Kier molecular flexibility index (Phi) is 2.71. The standard InChI is InChI=1S/C19H19N2/c1-14-8-3-4-11-16(14)19-20(2)17-12-7-10-15-9-5-6-13-21(19)18(15)17/h3-4,6-8,10-13H,5,9H2,1-2H3/q+1. The number of hydrogen-bond donors (Lipinski definition) is 0. The summed E-state index contributed by atoms with van der Waals surface area (Å²) in [6.45, 7) is 2.18. The molecule has 2 heterocycles. The Hall–Kier alpha value is -2.35. The quantitative estimate of drug-likeness (QED) is 0.596. The lowest BCUT2D eigenvalue weighted by Gasteiger charge is -2.03. The summed E-state index contributed by atoms with van der Waals surface area (Å²) in [5, 5.41) is 0. The summed E-state index contributed by atoms with van der Waals surface area (Å²) >= 11 is 0. The SMILES string of the molecule is Cc1ccccc1-c1n(C)c2cccc3c2[n+]1C=CCC3. The number of rotatable bonds is 1. The number of aryl methyl sites for hydroxylation is 3. The average molecular weight is 275 g/mol. The number of nitrogens with zero attached hydrogens (tertiary/aromatic N) is 2. The second-order valence-electron chi connectivity index (χ2n) is 5.78. The first-order chi connectivity index (χ1) is 10.3. The molecule has 0 fully saturated rings. The van der Waals surface area contributed by atoms with E-state index in [0.29, 0.717) is 0 Å². The van der Waals surface area contributed by atoms with Gasteiger partial charge in [-0.2, -0.15) is 4.57 Å². The van der Waals surface area contributed by atoms with Gasteiger partial charge >= 0.3 is 0 Å². The van der Waals surface area contributed by atoms with Crippen molar-refractivity contribution in [3.05, 3.63) is 59.7 Å². The zero-order chi connectivity index (χ0) is 14.4. The Morgan fingerprint density at radius 2 is 1.90 bits per heavy atom. The van der Waals surface area contributed by atoms with Crippen molar-refractivity contribution in [1.82, 2.24) is 4.57 Å². The Morgan fingerprint density at radius 3 is 2.76 bits per heavy atom. The summed E-state index contributed by atoms with van der Waals surface area (Å²) < 4.78 is 4.68. The van der Waals surface area contributed by atoms with Crippen LogP contribution in [0.25, 0.3) is 28.6 Å². The molecule has 0 saturated heterocycles. The van der Waals surface area contributed by atoms with E-state index in [4.69, 9.17) is 0 Å². The average Bonchev–Trinajstić information content (AvgIpc) is 2.66. The fourth-order valence-electron chi connectivity index (χ4n) is 3.41. The summed E-state index contributed by atoms with van der Waals surface area (Å²) in [5.41, 5.74) is 6.71. The van der Waals surface area contributed by atoms with Gasteiger partial charge in [0.15, 0.2) is 11.0 Å². The van der Waals surface area contributed by atoms with Crippen LogP contribution in [0.4, 0.5) is 0 Å². The molecule has 0 aliphatic carbocycles. The van der Waals surface area contributed by atoms with Crippen LogP contribution >= 0.6 is 0 Å². The highest BCUT2D eigenvalue weighted by molar-refractivity contribution is 5.80. The van der Waals surface area contributed by atoms with E-state index in [9.17, 15) is 0 Å². The van der Waals surface area contributed by atoms with Gasteiger partial charge in [-0.25, -0.2) is 4.57 Å². The van der Waals surface area contributed by atoms with Crippen molar-refractivity contribution in [2.45, 2.75) is 19.8 Å². The number of benzene rings is 2. The van der Waals surface area contributed by atoms with Crippen LogP contribution in [0.1, 0.15) is 17.5 Å². The zero-order valence-corrected chi connectivity index (χ0v) is 12.5. The normalized spacial score (nSPS) is 13.6.